The van der Waals surface area contributed by atoms with Crippen molar-refractivity contribution in [2.24, 2.45) is 0 Å². The number of amides is 3. The third-order valence-corrected chi connectivity index (χ3v) is 4.84. The van der Waals surface area contributed by atoms with E-state index in [9.17, 15) is 14.4 Å². The molecule has 0 atom stereocenters. The van der Waals surface area contributed by atoms with E-state index in [1.165, 1.54) is 11.8 Å². The maximum Gasteiger partial charge on any atom is 0.273 e. The summed E-state index contributed by atoms with van der Waals surface area (Å²) in [4.78, 5) is 37.7. The molecule has 0 saturated heterocycles. The van der Waals surface area contributed by atoms with E-state index >= 15 is 0 Å². The van der Waals surface area contributed by atoms with Crippen molar-refractivity contribution in [3.05, 3.63) is 34.9 Å². The molecule has 3 amide bonds. The number of nitrogens with one attached hydrogen (secondary N) is 1. The Kier molecular flexibility index (Phi) is 4.71. The maximum atomic E-state index is 12.8. The SMILES string of the molecule is CC(=O)Nc1ccc(C2=C(Cl)C(=O)N(C3CCCCC3)C2=O)cc1. The van der Waals surface area contributed by atoms with Crippen molar-refractivity contribution in [2.75, 3.05) is 5.32 Å². The fourth-order valence-corrected chi connectivity index (χ4v) is 3.64. The van der Waals surface area contributed by atoms with Gasteiger partial charge in [-0.3, -0.25) is 19.3 Å². The molecule has 24 heavy (non-hydrogen) atoms. The molecule has 1 aliphatic heterocycles. The molecule has 1 fully saturated rings. The standard InChI is InChI=1S/C18H19ClN2O3/c1-11(22)20-13-9-7-12(8-10-13)15-16(19)18(24)21(17(15)23)14-5-3-2-4-6-14/h7-10,14H,2-6H2,1H3,(H,20,22). The lowest BCUT2D eigenvalue weighted by molar-refractivity contribution is -0.140. The molecule has 1 heterocycles. The van der Waals surface area contributed by atoms with Gasteiger partial charge >= 0.3 is 0 Å². The van der Waals surface area contributed by atoms with Crippen LogP contribution in [0, 0.1) is 0 Å². The minimum absolute atomic E-state index is 0.0159. The van der Waals surface area contributed by atoms with Crippen LogP contribution in [-0.2, 0) is 14.4 Å². The molecule has 2 aliphatic rings. The first-order chi connectivity index (χ1) is 11.5. The van der Waals surface area contributed by atoms with Gasteiger partial charge in [0.05, 0.1) is 5.57 Å². The van der Waals surface area contributed by atoms with Crippen LogP contribution in [0.2, 0.25) is 0 Å². The number of halogens is 1. The van der Waals surface area contributed by atoms with E-state index in [1.54, 1.807) is 24.3 Å². The summed E-state index contributed by atoms with van der Waals surface area (Å²) in [7, 11) is 0. The van der Waals surface area contributed by atoms with Crippen molar-refractivity contribution in [3.8, 4) is 0 Å². The van der Waals surface area contributed by atoms with Gasteiger partial charge < -0.3 is 5.32 Å². The lowest BCUT2D eigenvalue weighted by Crippen LogP contribution is -2.41. The normalized spacial score (nSPS) is 19.2. The summed E-state index contributed by atoms with van der Waals surface area (Å²) in [5.74, 6) is -0.880. The molecule has 5 nitrogen and oxygen atoms in total. The molecule has 0 bridgehead atoms. The van der Waals surface area contributed by atoms with E-state index in [0.717, 1.165) is 32.1 Å². The fraction of sp³-hybridized carbons (Fsp3) is 0.389. The summed E-state index contributed by atoms with van der Waals surface area (Å²) in [6.45, 7) is 1.43. The maximum absolute atomic E-state index is 12.8. The zero-order valence-electron chi connectivity index (χ0n) is 13.5. The van der Waals surface area contributed by atoms with Crippen LogP contribution in [0.25, 0.3) is 5.57 Å². The molecule has 1 saturated carbocycles. The van der Waals surface area contributed by atoms with E-state index in [4.69, 9.17) is 11.6 Å². The Morgan fingerprint density at radius 3 is 2.29 bits per heavy atom. The number of anilines is 1. The summed E-state index contributed by atoms with van der Waals surface area (Å²) in [5, 5.41) is 2.65. The highest BCUT2D eigenvalue weighted by molar-refractivity contribution is 6.55. The van der Waals surface area contributed by atoms with Gasteiger partial charge in [-0.05, 0) is 30.5 Å². The summed E-state index contributed by atoms with van der Waals surface area (Å²) in [5.41, 5.74) is 1.47. The van der Waals surface area contributed by atoms with Gasteiger partial charge in [0, 0.05) is 18.7 Å². The molecule has 6 heteroatoms. The highest BCUT2D eigenvalue weighted by Crippen LogP contribution is 2.36. The van der Waals surface area contributed by atoms with Crippen LogP contribution in [0.3, 0.4) is 0 Å². The summed E-state index contributed by atoms with van der Waals surface area (Å²) < 4.78 is 0. The molecule has 0 unspecified atom stereocenters. The fourth-order valence-electron chi connectivity index (χ4n) is 3.36. The molecule has 1 N–H and O–H groups in total. The number of carbonyl (C=O) groups excluding carboxylic acids is 3. The second-order valence-corrected chi connectivity index (χ2v) is 6.60. The Morgan fingerprint density at radius 1 is 1.08 bits per heavy atom. The van der Waals surface area contributed by atoms with Crippen molar-refractivity contribution >= 4 is 40.6 Å². The number of carbonyl (C=O) groups is 3. The van der Waals surface area contributed by atoms with E-state index < -0.39 is 5.91 Å². The van der Waals surface area contributed by atoms with Gasteiger partial charge in [0.25, 0.3) is 11.8 Å². The first kappa shape index (κ1) is 16.7. The van der Waals surface area contributed by atoms with Crippen molar-refractivity contribution in [2.45, 2.75) is 45.1 Å². The van der Waals surface area contributed by atoms with Crippen molar-refractivity contribution in [3.63, 3.8) is 0 Å². The predicted molar refractivity (Wildman–Crippen MR) is 92.2 cm³/mol. The smallest absolute Gasteiger partial charge is 0.273 e. The number of rotatable bonds is 3. The Labute approximate surface area is 145 Å². The van der Waals surface area contributed by atoms with Crippen LogP contribution in [0.4, 0.5) is 5.69 Å². The Bertz CT molecular complexity index is 718. The zero-order chi connectivity index (χ0) is 17.3. The van der Waals surface area contributed by atoms with E-state index in [0.29, 0.717) is 11.3 Å². The monoisotopic (exact) mass is 346 g/mol. The molecular weight excluding hydrogens is 328 g/mol. The lowest BCUT2D eigenvalue weighted by Gasteiger charge is -2.29. The molecule has 126 valence electrons. The molecule has 0 radical (unpaired) electrons. The van der Waals surface area contributed by atoms with Gasteiger partial charge in [-0.2, -0.15) is 0 Å². The largest absolute Gasteiger partial charge is 0.326 e. The first-order valence-electron chi connectivity index (χ1n) is 8.14. The molecular formula is C18H19ClN2O3. The van der Waals surface area contributed by atoms with Gasteiger partial charge in [-0.15, -0.1) is 0 Å². The minimum atomic E-state index is -0.394. The van der Waals surface area contributed by atoms with Gasteiger partial charge in [0.2, 0.25) is 5.91 Å². The van der Waals surface area contributed by atoms with E-state index in [-0.39, 0.29) is 28.5 Å². The number of benzene rings is 1. The average molecular weight is 347 g/mol. The van der Waals surface area contributed by atoms with Crippen LogP contribution in [-0.4, -0.2) is 28.7 Å². The van der Waals surface area contributed by atoms with Gasteiger partial charge in [-0.1, -0.05) is 43.0 Å². The molecule has 0 spiro atoms. The molecule has 0 aromatic heterocycles. The molecule has 1 aromatic carbocycles. The second kappa shape index (κ2) is 6.77. The Morgan fingerprint density at radius 2 is 1.71 bits per heavy atom. The van der Waals surface area contributed by atoms with Crippen LogP contribution in [0.1, 0.15) is 44.6 Å². The van der Waals surface area contributed by atoms with Crippen LogP contribution in [0.15, 0.2) is 29.3 Å². The zero-order valence-corrected chi connectivity index (χ0v) is 14.2. The van der Waals surface area contributed by atoms with Crippen LogP contribution >= 0.6 is 11.6 Å². The van der Waals surface area contributed by atoms with Crippen molar-refractivity contribution in [1.82, 2.24) is 4.90 Å². The quantitative estimate of drug-likeness (QED) is 0.854. The van der Waals surface area contributed by atoms with Gasteiger partial charge in [-0.25, -0.2) is 0 Å². The van der Waals surface area contributed by atoms with Crippen molar-refractivity contribution < 1.29 is 14.4 Å². The van der Waals surface area contributed by atoms with Crippen molar-refractivity contribution in [1.29, 1.82) is 0 Å². The Hall–Kier alpha value is -2.14. The highest BCUT2D eigenvalue weighted by atomic mass is 35.5. The second-order valence-electron chi connectivity index (χ2n) is 6.22. The topological polar surface area (TPSA) is 66.5 Å². The Balaban J connectivity index is 1.86. The minimum Gasteiger partial charge on any atom is -0.326 e. The summed E-state index contributed by atoms with van der Waals surface area (Å²) in [6, 6.07) is 6.71. The molecule has 1 aliphatic carbocycles. The number of hydrogen-bond acceptors (Lipinski definition) is 3. The average Bonchev–Trinajstić information content (AvgIpc) is 2.78. The number of hydrogen-bond donors (Lipinski definition) is 1. The third kappa shape index (κ3) is 3.08. The van der Waals surface area contributed by atoms with Gasteiger partial charge in [0.15, 0.2) is 0 Å². The molecule has 3 rings (SSSR count). The van der Waals surface area contributed by atoms with E-state index in [2.05, 4.69) is 5.32 Å². The number of imide groups is 1. The lowest BCUT2D eigenvalue weighted by atomic mass is 9.94. The summed E-state index contributed by atoms with van der Waals surface area (Å²) >= 11 is 6.19. The summed E-state index contributed by atoms with van der Waals surface area (Å²) in [6.07, 6.45) is 4.89. The van der Waals surface area contributed by atoms with Crippen LogP contribution < -0.4 is 5.32 Å². The highest BCUT2D eigenvalue weighted by Gasteiger charge is 2.42. The van der Waals surface area contributed by atoms with Crippen LogP contribution in [0.5, 0.6) is 0 Å². The van der Waals surface area contributed by atoms with Gasteiger partial charge in [0.1, 0.15) is 5.03 Å². The first-order valence-corrected chi connectivity index (χ1v) is 8.52. The third-order valence-electron chi connectivity index (χ3n) is 4.49. The van der Waals surface area contributed by atoms with E-state index in [1.807, 2.05) is 0 Å². The number of nitrogens with zero attached hydrogens (tertiary/aromatic N) is 1. The predicted octanol–water partition coefficient (Wildman–Crippen LogP) is 3.30. The molecule has 1 aromatic rings.